The van der Waals surface area contributed by atoms with Crippen LogP contribution < -0.4 is 0 Å². The average Bonchev–Trinajstić information content (AvgIpc) is 2.41. The van der Waals surface area contributed by atoms with E-state index in [0.717, 1.165) is 39.1 Å². The van der Waals surface area contributed by atoms with Crippen LogP contribution in [0.4, 0.5) is 0 Å². The van der Waals surface area contributed by atoms with Crippen molar-refractivity contribution >= 4 is 0 Å². The van der Waals surface area contributed by atoms with Crippen LogP contribution in [0.5, 0.6) is 0 Å². The van der Waals surface area contributed by atoms with Gasteiger partial charge in [-0.15, -0.1) is 6.58 Å². The van der Waals surface area contributed by atoms with E-state index >= 15 is 0 Å². The Morgan fingerprint density at radius 1 is 1.05 bits per heavy atom. The van der Waals surface area contributed by atoms with Crippen LogP contribution in [-0.2, 0) is 9.47 Å². The molecule has 0 heterocycles. The lowest BCUT2D eigenvalue weighted by molar-refractivity contribution is 0.0374. The van der Waals surface area contributed by atoms with Crippen molar-refractivity contribution in [1.29, 1.82) is 0 Å². The minimum atomic E-state index is 0.349. The quantitative estimate of drug-likeness (QED) is 0.327. The lowest BCUT2D eigenvalue weighted by atomic mass is 10.0. The van der Waals surface area contributed by atoms with Crippen LogP contribution in [0.2, 0.25) is 0 Å². The summed E-state index contributed by atoms with van der Waals surface area (Å²) < 4.78 is 11.6. The van der Waals surface area contributed by atoms with Crippen molar-refractivity contribution in [2.24, 2.45) is 5.92 Å². The normalized spacial score (nSPS) is 14.3. The molecule has 2 heteroatoms. The molecule has 2 unspecified atom stereocenters. The van der Waals surface area contributed by atoms with Crippen LogP contribution >= 0.6 is 0 Å². The molecule has 0 aliphatic carbocycles. The van der Waals surface area contributed by atoms with Gasteiger partial charge in [0.2, 0.25) is 0 Å². The largest absolute Gasteiger partial charge is 0.381 e. The second kappa shape index (κ2) is 14.1. The predicted molar refractivity (Wildman–Crippen MR) is 83.6 cm³/mol. The molecule has 0 saturated carbocycles. The molecule has 0 N–H and O–H groups in total. The highest BCUT2D eigenvalue weighted by Gasteiger charge is 2.10. The summed E-state index contributed by atoms with van der Waals surface area (Å²) in [6.07, 6.45) is 10.3. The van der Waals surface area contributed by atoms with E-state index in [9.17, 15) is 0 Å². The second-order valence-corrected chi connectivity index (χ2v) is 5.48. The Morgan fingerprint density at radius 3 is 2.37 bits per heavy atom. The zero-order valence-corrected chi connectivity index (χ0v) is 13.3. The molecule has 0 spiro atoms. The first-order valence-electron chi connectivity index (χ1n) is 8.04. The summed E-state index contributed by atoms with van der Waals surface area (Å²) in [7, 11) is 0. The Balaban J connectivity index is 3.66. The van der Waals surface area contributed by atoms with E-state index in [1.807, 2.05) is 6.08 Å². The molecule has 0 aromatic rings. The fourth-order valence-electron chi connectivity index (χ4n) is 1.93. The first-order chi connectivity index (χ1) is 9.24. The van der Waals surface area contributed by atoms with Crippen LogP contribution in [0.3, 0.4) is 0 Å². The molecule has 0 fully saturated rings. The average molecular weight is 270 g/mol. The Hall–Kier alpha value is -0.340. The van der Waals surface area contributed by atoms with Gasteiger partial charge in [0.05, 0.1) is 6.10 Å². The van der Waals surface area contributed by atoms with Gasteiger partial charge in [0, 0.05) is 19.8 Å². The monoisotopic (exact) mass is 270 g/mol. The van der Waals surface area contributed by atoms with Gasteiger partial charge in [-0.25, -0.2) is 0 Å². The van der Waals surface area contributed by atoms with Crippen molar-refractivity contribution in [2.45, 2.75) is 71.8 Å². The molecule has 0 bridgehead atoms. The first-order valence-corrected chi connectivity index (χ1v) is 8.04. The summed E-state index contributed by atoms with van der Waals surface area (Å²) in [5.74, 6) is 0.624. The van der Waals surface area contributed by atoms with Gasteiger partial charge in [-0.3, -0.25) is 0 Å². The van der Waals surface area contributed by atoms with Crippen LogP contribution in [0, 0.1) is 5.92 Å². The fourth-order valence-corrected chi connectivity index (χ4v) is 1.93. The zero-order chi connectivity index (χ0) is 14.3. The van der Waals surface area contributed by atoms with Crippen LogP contribution in [-0.4, -0.2) is 25.9 Å². The fraction of sp³-hybridized carbons (Fsp3) is 0.882. The van der Waals surface area contributed by atoms with Crippen molar-refractivity contribution in [2.75, 3.05) is 19.8 Å². The highest BCUT2D eigenvalue weighted by molar-refractivity contribution is 4.74. The third-order valence-corrected chi connectivity index (χ3v) is 3.31. The molecule has 2 atom stereocenters. The number of rotatable bonds is 14. The number of unbranched alkanes of at least 4 members (excludes halogenated alkanes) is 2. The first kappa shape index (κ1) is 18.7. The van der Waals surface area contributed by atoms with Gasteiger partial charge in [0.25, 0.3) is 0 Å². The topological polar surface area (TPSA) is 18.5 Å². The van der Waals surface area contributed by atoms with Crippen LogP contribution in [0.25, 0.3) is 0 Å². The summed E-state index contributed by atoms with van der Waals surface area (Å²) >= 11 is 0. The molecule has 0 aliphatic heterocycles. The zero-order valence-electron chi connectivity index (χ0n) is 13.3. The number of hydrogen-bond donors (Lipinski definition) is 0. The Kier molecular flexibility index (Phi) is 13.8. The predicted octanol–water partition coefficient (Wildman–Crippen LogP) is 4.98. The minimum Gasteiger partial charge on any atom is -0.381 e. The highest BCUT2D eigenvalue weighted by Crippen LogP contribution is 2.14. The van der Waals surface area contributed by atoms with Gasteiger partial charge in [0.15, 0.2) is 0 Å². The van der Waals surface area contributed by atoms with E-state index in [1.165, 1.54) is 25.7 Å². The van der Waals surface area contributed by atoms with Gasteiger partial charge >= 0.3 is 0 Å². The summed E-state index contributed by atoms with van der Waals surface area (Å²) in [6.45, 7) is 13.2. The molecule has 0 saturated heterocycles. The van der Waals surface area contributed by atoms with Crippen LogP contribution in [0.15, 0.2) is 12.7 Å². The standard InChI is InChI=1S/C17H34O2/c1-5-8-13-18-15-16(4)11-12-17(10-7-3)19-14-9-6-2/h7,16-17H,3,5-6,8-15H2,1-2,4H3. The third-order valence-electron chi connectivity index (χ3n) is 3.31. The van der Waals surface area contributed by atoms with E-state index in [4.69, 9.17) is 9.47 Å². The summed E-state index contributed by atoms with van der Waals surface area (Å²) in [5, 5.41) is 0. The molecular formula is C17H34O2. The SMILES string of the molecule is C=CCC(CCC(C)COCCCC)OCCCC. The molecule has 0 aliphatic rings. The van der Waals surface area contributed by atoms with E-state index in [-0.39, 0.29) is 0 Å². The van der Waals surface area contributed by atoms with Gasteiger partial charge in [-0.05, 0) is 38.0 Å². The molecule has 0 aromatic heterocycles. The maximum Gasteiger partial charge on any atom is 0.0609 e. The van der Waals surface area contributed by atoms with Crippen molar-refractivity contribution in [3.63, 3.8) is 0 Å². The molecule has 0 amide bonds. The molecule has 0 rings (SSSR count). The molecule has 2 nitrogen and oxygen atoms in total. The lowest BCUT2D eigenvalue weighted by Gasteiger charge is -2.19. The third kappa shape index (κ3) is 12.4. The van der Waals surface area contributed by atoms with E-state index in [2.05, 4.69) is 27.4 Å². The van der Waals surface area contributed by atoms with E-state index in [0.29, 0.717) is 12.0 Å². The Bertz CT molecular complexity index is 192. The van der Waals surface area contributed by atoms with E-state index in [1.54, 1.807) is 0 Å². The molecule has 0 radical (unpaired) electrons. The molecule has 19 heavy (non-hydrogen) atoms. The molecular weight excluding hydrogens is 236 g/mol. The van der Waals surface area contributed by atoms with E-state index < -0.39 is 0 Å². The van der Waals surface area contributed by atoms with Crippen molar-refractivity contribution in [3.8, 4) is 0 Å². The van der Waals surface area contributed by atoms with Gasteiger partial charge in [-0.2, -0.15) is 0 Å². The van der Waals surface area contributed by atoms with Gasteiger partial charge in [-0.1, -0.05) is 39.7 Å². The Labute approximate surface area is 120 Å². The number of hydrogen-bond acceptors (Lipinski definition) is 2. The van der Waals surface area contributed by atoms with Crippen molar-refractivity contribution < 1.29 is 9.47 Å². The molecule has 0 aromatic carbocycles. The summed E-state index contributed by atoms with van der Waals surface area (Å²) in [5.41, 5.74) is 0. The Morgan fingerprint density at radius 2 is 1.74 bits per heavy atom. The maximum absolute atomic E-state index is 5.90. The van der Waals surface area contributed by atoms with Crippen molar-refractivity contribution in [1.82, 2.24) is 0 Å². The maximum atomic E-state index is 5.90. The minimum absolute atomic E-state index is 0.349. The van der Waals surface area contributed by atoms with Crippen molar-refractivity contribution in [3.05, 3.63) is 12.7 Å². The van der Waals surface area contributed by atoms with Gasteiger partial charge in [0.1, 0.15) is 0 Å². The smallest absolute Gasteiger partial charge is 0.0609 e. The van der Waals surface area contributed by atoms with Crippen LogP contribution in [0.1, 0.15) is 65.7 Å². The van der Waals surface area contributed by atoms with Gasteiger partial charge < -0.3 is 9.47 Å². The highest BCUT2D eigenvalue weighted by atomic mass is 16.5. The lowest BCUT2D eigenvalue weighted by Crippen LogP contribution is -2.16. The number of ether oxygens (including phenoxy) is 2. The second-order valence-electron chi connectivity index (χ2n) is 5.48. The molecule has 114 valence electrons. The summed E-state index contributed by atoms with van der Waals surface area (Å²) in [4.78, 5) is 0. The summed E-state index contributed by atoms with van der Waals surface area (Å²) in [6, 6.07) is 0.